The van der Waals surface area contributed by atoms with E-state index in [0.717, 1.165) is 38.2 Å². The number of fused-ring (bicyclic) bond motifs is 7. The second-order valence-electron chi connectivity index (χ2n) is 8.13. The maximum atomic E-state index is 6.44. The van der Waals surface area contributed by atoms with Crippen LogP contribution in [0, 0.1) is 6.92 Å². The molecule has 1 heterocycles. The molecule has 0 atom stereocenters. The molecule has 5 aromatic carbocycles. The van der Waals surface area contributed by atoms with E-state index in [9.17, 15) is 0 Å². The highest BCUT2D eigenvalue weighted by Crippen LogP contribution is 2.65. The van der Waals surface area contributed by atoms with E-state index in [1.54, 1.807) is 6.21 Å². The Kier molecular flexibility index (Phi) is 4.86. The zero-order valence-corrected chi connectivity index (χ0v) is 19.6. The topological polar surface area (TPSA) is 30.8 Å². The summed E-state index contributed by atoms with van der Waals surface area (Å²) >= 11 is 5.93. The minimum absolute atomic E-state index is 0.702. The molecule has 0 aliphatic carbocycles. The molecule has 3 nitrogen and oxygen atoms in total. The minimum Gasteiger partial charge on any atom is -0.444 e. The molecule has 0 spiro atoms. The van der Waals surface area contributed by atoms with Crippen LogP contribution in [-0.4, -0.2) is 6.21 Å². The van der Waals surface area contributed by atoms with Crippen LogP contribution in [0.4, 0.5) is 0 Å². The SMILES string of the molecule is Cc1ccc(/C=N/[P+]2([S-])Oc3ccc4ccccc4c3-c3c(ccc4ccccc34)O2)cc1. The van der Waals surface area contributed by atoms with Crippen LogP contribution < -0.4 is 9.05 Å². The van der Waals surface area contributed by atoms with Crippen molar-refractivity contribution < 1.29 is 9.05 Å². The number of hydrogen-bond donors (Lipinski definition) is 0. The first-order valence-electron chi connectivity index (χ1n) is 10.8. The summed E-state index contributed by atoms with van der Waals surface area (Å²) in [4.78, 5) is 0. The lowest BCUT2D eigenvalue weighted by Gasteiger charge is -2.22. The van der Waals surface area contributed by atoms with Gasteiger partial charge < -0.3 is 21.3 Å². The third kappa shape index (κ3) is 3.66. The van der Waals surface area contributed by atoms with Gasteiger partial charge in [-0.2, -0.15) is 0 Å². The standard InChI is InChI=1S/C28H20NO2PS/c1-19-10-12-20(13-11-19)18-29-32(33)30-25-16-14-21-6-2-4-8-23(21)27(25)28-24-9-5-3-7-22(24)15-17-26(28)31-32/h2-18H,1H3/b29-18+. The molecule has 0 fully saturated rings. The first kappa shape index (κ1) is 20.3. The van der Waals surface area contributed by atoms with Gasteiger partial charge in [0.1, 0.15) is 0 Å². The van der Waals surface area contributed by atoms with Gasteiger partial charge in [0, 0.05) is 11.1 Å². The summed E-state index contributed by atoms with van der Waals surface area (Å²) in [6, 6.07) is 32.9. The first-order valence-corrected chi connectivity index (χ1v) is 13.3. The molecular weight excluding hydrogens is 445 g/mol. The van der Waals surface area contributed by atoms with E-state index in [-0.39, 0.29) is 0 Å². The monoisotopic (exact) mass is 465 g/mol. The van der Waals surface area contributed by atoms with Gasteiger partial charge in [0.2, 0.25) is 0 Å². The fraction of sp³-hybridized carbons (Fsp3) is 0.0357. The van der Waals surface area contributed by atoms with Crippen LogP contribution in [0.15, 0.2) is 102 Å². The van der Waals surface area contributed by atoms with Gasteiger partial charge in [-0.05, 0) is 46.2 Å². The van der Waals surface area contributed by atoms with Crippen molar-refractivity contribution >= 4 is 47.1 Å². The Bertz CT molecular complexity index is 1460. The highest BCUT2D eigenvalue weighted by atomic mass is 32.7. The Labute approximate surface area is 198 Å². The summed E-state index contributed by atoms with van der Waals surface area (Å²) in [7, 11) is -3.05. The maximum Gasteiger partial charge on any atom is 0.367 e. The second-order valence-corrected chi connectivity index (χ2v) is 11.0. The Hall–Kier alpha value is -3.33. The van der Waals surface area contributed by atoms with Gasteiger partial charge in [-0.1, -0.05) is 95.3 Å². The third-order valence-electron chi connectivity index (χ3n) is 5.88. The van der Waals surface area contributed by atoms with Crippen molar-refractivity contribution in [3.05, 3.63) is 108 Å². The van der Waals surface area contributed by atoms with E-state index >= 15 is 0 Å². The van der Waals surface area contributed by atoms with E-state index in [1.807, 2.05) is 60.7 Å². The molecule has 6 rings (SSSR count). The lowest BCUT2D eigenvalue weighted by molar-refractivity contribution is 0.494. The van der Waals surface area contributed by atoms with Gasteiger partial charge >= 0.3 is 7.07 Å². The molecule has 0 aromatic heterocycles. The average Bonchev–Trinajstić information content (AvgIpc) is 2.97. The normalized spacial score (nSPS) is 14.4. The highest BCUT2D eigenvalue weighted by molar-refractivity contribution is 8.37. The lowest BCUT2D eigenvalue weighted by atomic mass is 9.92. The molecule has 0 radical (unpaired) electrons. The summed E-state index contributed by atoms with van der Waals surface area (Å²) in [6.07, 6.45) is 1.76. The summed E-state index contributed by atoms with van der Waals surface area (Å²) < 4.78 is 17.6. The zero-order chi connectivity index (χ0) is 22.4. The Morgan fingerprint density at radius 3 is 1.73 bits per heavy atom. The van der Waals surface area contributed by atoms with Crippen LogP contribution in [0.5, 0.6) is 11.5 Å². The molecule has 33 heavy (non-hydrogen) atoms. The van der Waals surface area contributed by atoms with E-state index in [1.165, 1.54) is 5.56 Å². The summed E-state index contributed by atoms with van der Waals surface area (Å²) in [6.45, 7) is 2.06. The van der Waals surface area contributed by atoms with E-state index in [0.29, 0.717) is 11.5 Å². The smallest absolute Gasteiger partial charge is 0.367 e. The van der Waals surface area contributed by atoms with Crippen molar-refractivity contribution in [2.24, 2.45) is 4.76 Å². The molecule has 0 unspecified atom stereocenters. The van der Waals surface area contributed by atoms with E-state index in [2.05, 4.69) is 48.1 Å². The Morgan fingerprint density at radius 1 is 0.667 bits per heavy atom. The fourth-order valence-corrected chi connectivity index (χ4v) is 6.11. The largest absolute Gasteiger partial charge is 0.444 e. The predicted molar refractivity (Wildman–Crippen MR) is 141 cm³/mol. The van der Waals surface area contributed by atoms with Crippen molar-refractivity contribution in [1.29, 1.82) is 0 Å². The number of rotatable bonds is 2. The van der Waals surface area contributed by atoms with E-state index < -0.39 is 7.07 Å². The maximum absolute atomic E-state index is 6.44. The van der Waals surface area contributed by atoms with Crippen LogP contribution in [0.1, 0.15) is 11.1 Å². The van der Waals surface area contributed by atoms with Crippen molar-refractivity contribution in [3.63, 3.8) is 0 Å². The molecule has 0 bridgehead atoms. The van der Waals surface area contributed by atoms with Crippen LogP contribution in [0.25, 0.3) is 32.7 Å². The molecule has 0 saturated carbocycles. The van der Waals surface area contributed by atoms with Crippen molar-refractivity contribution in [2.75, 3.05) is 0 Å². The number of hydrogen-bond acceptors (Lipinski definition) is 4. The summed E-state index contributed by atoms with van der Waals surface area (Å²) in [5, 5.41) is 4.47. The number of nitrogens with zero attached hydrogens (tertiary/aromatic N) is 1. The molecule has 160 valence electrons. The zero-order valence-electron chi connectivity index (χ0n) is 17.9. The van der Waals surface area contributed by atoms with Crippen LogP contribution >= 0.6 is 7.07 Å². The van der Waals surface area contributed by atoms with Gasteiger partial charge in [-0.15, -0.1) is 0 Å². The second kappa shape index (κ2) is 7.91. The molecule has 0 saturated heterocycles. The van der Waals surface area contributed by atoms with Gasteiger partial charge in [0.25, 0.3) is 0 Å². The molecule has 5 aromatic rings. The first-order chi connectivity index (χ1) is 16.1. The molecule has 0 amide bonds. The van der Waals surface area contributed by atoms with Crippen LogP contribution in [-0.2, 0) is 12.2 Å². The van der Waals surface area contributed by atoms with Gasteiger partial charge in [-0.25, -0.2) is 0 Å². The third-order valence-corrected chi connectivity index (χ3v) is 7.87. The van der Waals surface area contributed by atoms with Crippen LogP contribution in [0.3, 0.4) is 0 Å². The van der Waals surface area contributed by atoms with Gasteiger partial charge in [0.05, 0.1) is 6.21 Å². The van der Waals surface area contributed by atoms with Gasteiger partial charge in [-0.3, -0.25) is 0 Å². The molecule has 0 N–H and O–H groups in total. The highest BCUT2D eigenvalue weighted by Gasteiger charge is 2.37. The summed E-state index contributed by atoms with van der Waals surface area (Å²) in [5.74, 6) is 1.40. The molecule has 1 aliphatic rings. The molecule has 5 heteroatoms. The predicted octanol–water partition coefficient (Wildman–Crippen LogP) is 8.08. The van der Waals surface area contributed by atoms with Crippen molar-refractivity contribution in [3.8, 4) is 22.6 Å². The molecular formula is C28H20NO2PS. The van der Waals surface area contributed by atoms with Gasteiger partial charge in [0.15, 0.2) is 11.5 Å². The van der Waals surface area contributed by atoms with Crippen molar-refractivity contribution in [1.82, 2.24) is 0 Å². The quantitative estimate of drug-likeness (QED) is 0.150. The number of aryl methyl sites for hydroxylation is 1. The lowest BCUT2D eigenvalue weighted by Crippen LogP contribution is -2.03. The minimum atomic E-state index is -3.05. The average molecular weight is 466 g/mol. The van der Waals surface area contributed by atoms with Crippen LogP contribution in [0.2, 0.25) is 0 Å². The Balaban J connectivity index is 1.59. The Morgan fingerprint density at radius 2 is 1.18 bits per heavy atom. The van der Waals surface area contributed by atoms with Crippen molar-refractivity contribution in [2.45, 2.75) is 6.92 Å². The fourth-order valence-electron chi connectivity index (χ4n) is 4.28. The summed E-state index contributed by atoms with van der Waals surface area (Å²) in [5.41, 5.74) is 4.15. The molecule has 1 aliphatic heterocycles. The number of benzene rings is 5. The van der Waals surface area contributed by atoms with E-state index in [4.69, 9.17) is 21.3 Å².